The number of benzene rings is 1. The first kappa shape index (κ1) is 24.9. The molecule has 2 aliphatic heterocycles. The number of thiophene rings is 1. The Balaban J connectivity index is 1.41. The summed E-state index contributed by atoms with van der Waals surface area (Å²) in [4.78, 5) is 55.3. The van der Waals surface area contributed by atoms with Crippen molar-refractivity contribution in [2.75, 3.05) is 26.7 Å². The van der Waals surface area contributed by atoms with Crippen molar-refractivity contribution in [3.8, 4) is 0 Å². The number of esters is 1. The molecule has 1 aromatic carbocycles. The molecule has 3 heterocycles. The normalized spacial score (nSPS) is 20.7. The summed E-state index contributed by atoms with van der Waals surface area (Å²) in [6.45, 7) is 3.40. The molecule has 1 N–H and O–H groups in total. The maximum absolute atomic E-state index is 13.6. The van der Waals surface area contributed by atoms with Crippen molar-refractivity contribution in [2.45, 2.75) is 44.6 Å². The Morgan fingerprint density at radius 1 is 1.11 bits per heavy atom. The first-order chi connectivity index (χ1) is 16.9. The topological polar surface area (TPSA) is 96.0 Å². The highest BCUT2D eigenvalue weighted by Crippen LogP contribution is 2.37. The van der Waals surface area contributed by atoms with E-state index in [1.165, 1.54) is 12.0 Å². The van der Waals surface area contributed by atoms with Gasteiger partial charge in [0.15, 0.2) is 0 Å². The summed E-state index contributed by atoms with van der Waals surface area (Å²) in [5.41, 5.74) is -0.00811. The summed E-state index contributed by atoms with van der Waals surface area (Å²) in [6, 6.07) is 10.1. The number of hydrogen-bond donors (Lipinski definition) is 1. The summed E-state index contributed by atoms with van der Waals surface area (Å²) in [5.74, 6) is -0.719. The van der Waals surface area contributed by atoms with Gasteiger partial charge in [0.25, 0.3) is 11.8 Å². The first-order valence-electron chi connectivity index (χ1n) is 12.0. The molecule has 186 valence electrons. The number of likely N-dealkylation sites (tertiary alicyclic amines) is 1. The molecule has 0 saturated carbocycles. The van der Waals surface area contributed by atoms with Crippen molar-refractivity contribution in [1.82, 2.24) is 15.1 Å². The maximum Gasteiger partial charge on any atom is 0.337 e. The summed E-state index contributed by atoms with van der Waals surface area (Å²) in [5, 5.41) is 5.05. The van der Waals surface area contributed by atoms with Gasteiger partial charge in [-0.3, -0.25) is 14.5 Å². The van der Waals surface area contributed by atoms with Crippen LogP contribution < -0.4 is 5.32 Å². The van der Waals surface area contributed by atoms with E-state index in [1.54, 1.807) is 40.5 Å². The van der Waals surface area contributed by atoms with Gasteiger partial charge in [-0.15, -0.1) is 11.3 Å². The minimum atomic E-state index is -0.904. The number of methoxy groups -OCH3 is 1. The van der Waals surface area contributed by atoms with Gasteiger partial charge in [-0.25, -0.2) is 9.59 Å². The quantitative estimate of drug-likeness (QED) is 0.443. The number of ether oxygens (including phenoxy) is 1. The fourth-order valence-electron chi connectivity index (χ4n) is 5.19. The minimum absolute atomic E-state index is 0.0311. The predicted molar refractivity (Wildman–Crippen MR) is 132 cm³/mol. The molecule has 9 heteroatoms. The van der Waals surface area contributed by atoms with Gasteiger partial charge in [-0.1, -0.05) is 19.4 Å². The number of carbonyl (C=O) groups is 4. The van der Waals surface area contributed by atoms with Gasteiger partial charge in [0.1, 0.15) is 5.54 Å². The number of imide groups is 1. The van der Waals surface area contributed by atoms with E-state index in [-0.39, 0.29) is 23.8 Å². The molecular weight excluding hydrogens is 466 g/mol. The lowest BCUT2D eigenvalue weighted by atomic mass is 9.74. The molecule has 0 aliphatic carbocycles. The smallest absolute Gasteiger partial charge is 0.337 e. The molecule has 0 spiro atoms. The third-order valence-electron chi connectivity index (χ3n) is 7.04. The van der Waals surface area contributed by atoms with Crippen LogP contribution in [0.3, 0.4) is 0 Å². The molecule has 1 aromatic heterocycles. The first-order valence-corrected chi connectivity index (χ1v) is 12.9. The highest BCUT2D eigenvalue weighted by atomic mass is 32.1. The van der Waals surface area contributed by atoms with Crippen molar-refractivity contribution in [3.05, 3.63) is 57.8 Å². The number of carbonyl (C=O) groups excluding carboxylic acids is 4. The van der Waals surface area contributed by atoms with Crippen LogP contribution in [0.25, 0.3) is 0 Å². The average molecular weight is 498 g/mol. The largest absolute Gasteiger partial charge is 0.465 e. The fraction of sp³-hybridized carbons (Fsp3) is 0.462. The van der Waals surface area contributed by atoms with E-state index >= 15 is 0 Å². The zero-order chi connectivity index (χ0) is 25.0. The van der Waals surface area contributed by atoms with Crippen molar-refractivity contribution in [3.63, 3.8) is 0 Å². The van der Waals surface area contributed by atoms with Crippen LogP contribution in [-0.4, -0.2) is 65.9 Å². The lowest BCUT2D eigenvalue weighted by molar-refractivity contribution is -0.134. The van der Waals surface area contributed by atoms with Gasteiger partial charge >= 0.3 is 12.0 Å². The molecule has 2 aliphatic rings. The molecule has 0 radical (unpaired) electrons. The van der Waals surface area contributed by atoms with E-state index in [9.17, 15) is 19.2 Å². The van der Waals surface area contributed by atoms with Crippen LogP contribution >= 0.6 is 11.3 Å². The number of urea groups is 1. The molecule has 2 fully saturated rings. The van der Waals surface area contributed by atoms with Crippen LogP contribution in [0.1, 0.15) is 58.2 Å². The molecule has 0 unspecified atom stereocenters. The van der Waals surface area contributed by atoms with E-state index < -0.39 is 11.5 Å². The zero-order valence-corrected chi connectivity index (χ0v) is 20.9. The Morgan fingerprint density at radius 2 is 1.80 bits per heavy atom. The van der Waals surface area contributed by atoms with Gasteiger partial charge in [0.2, 0.25) is 0 Å². The van der Waals surface area contributed by atoms with E-state index in [1.807, 2.05) is 24.4 Å². The number of nitrogens with zero attached hydrogens (tertiary/aromatic N) is 2. The highest BCUT2D eigenvalue weighted by Gasteiger charge is 2.55. The van der Waals surface area contributed by atoms with E-state index in [4.69, 9.17) is 4.74 Å². The molecule has 4 amide bonds. The molecule has 1 atom stereocenters. The Bertz CT molecular complexity index is 1080. The van der Waals surface area contributed by atoms with Crippen molar-refractivity contribution >= 4 is 35.2 Å². The summed E-state index contributed by atoms with van der Waals surface area (Å²) < 4.78 is 4.71. The molecular formula is C26H31N3O5S. The zero-order valence-electron chi connectivity index (χ0n) is 20.1. The fourth-order valence-corrected chi connectivity index (χ4v) is 5.89. The molecule has 8 nitrogen and oxygen atoms in total. The summed E-state index contributed by atoms with van der Waals surface area (Å²) >= 11 is 1.62. The lowest BCUT2D eigenvalue weighted by Gasteiger charge is -2.41. The number of nitrogens with one attached hydrogen (secondary N) is 1. The van der Waals surface area contributed by atoms with Gasteiger partial charge in [-0.2, -0.15) is 0 Å². The van der Waals surface area contributed by atoms with E-state index in [2.05, 4.69) is 5.32 Å². The van der Waals surface area contributed by atoms with Gasteiger partial charge in [-0.05, 0) is 67.3 Å². The average Bonchev–Trinajstić information content (AvgIpc) is 3.49. The summed E-state index contributed by atoms with van der Waals surface area (Å²) in [6.07, 6.45) is 3.28. The van der Waals surface area contributed by atoms with Crippen LogP contribution in [-0.2, 0) is 16.0 Å². The van der Waals surface area contributed by atoms with Gasteiger partial charge in [0, 0.05) is 30.1 Å². The van der Waals surface area contributed by atoms with Gasteiger partial charge < -0.3 is 15.0 Å². The standard InChI is InChI=1S/C26H31N3O5S/c1-3-13-26(24(32)29(25(33)27-26)16-12-21-5-4-17-35-21)20-10-14-28(15-11-20)22(30)18-6-8-19(9-7-18)23(31)34-2/h4-9,17,20H,3,10-16H2,1-2H3,(H,27,33)/t26-/m1/s1. The van der Waals surface area contributed by atoms with Crippen molar-refractivity contribution < 1.29 is 23.9 Å². The van der Waals surface area contributed by atoms with Gasteiger partial charge in [0.05, 0.1) is 12.7 Å². The SMILES string of the molecule is CCC[C@]1(C2CCN(C(=O)c3ccc(C(=O)OC)cc3)CC2)NC(=O)N(CCc2cccs2)C1=O. The number of hydrogen-bond acceptors (Lipinski definition) is 6. The van der Waals surface area contributed by atoms with Crippen LogP contribution in [0, 0.1) is 5.92 Å². The minimum Gasteiger partial charge on any atom is -0.465 e. The summed E-state index contributed by atoms with van der Waals surface area (Å²) in [7, 11) is 1.32. The number of piperidine rings is 1. The van der Waals surface area contributed by atoms with Crippen LogP contribution in [0.2, 0.25) is 0 Å². The second kappa shape index (κ2) is 10.6. The third kappa shape index (κ3) is 4.96. The van der Waals surface area contributed by atoms with E-state index in [0.717, 1.165) is 11.3 Å². The maximum atomic E-state index is 13.6. The Kier molecular flexibility index (Phi) is 7.54. The van der Waals surface area contributed by atoms with Crippen molar-refractivity contribution in [1.29, 1.82) is 0 Å². The Labute approximate surface area is 209 Å². The third-order valence-corrected chi connectivity index (χ3v) is 7.98. The van der Waals surface area contributed by atoms with Crippen LogP contribution in [0.15, 0.2) is 41.8 Å². The lowest BCUT2D eigenvalue weighted by Crippen LogP contribution is -2.56. The highest BCUT2D eigenvalue weighted by molar-refractivity contribution is 7.09. The molecule has 4 rings (SSSR count). The molecule has 35 heavy (non-hydrogen) atoms. The second-order valence-electron chi connectivity index (χ2n) is 9.07. The Hall–Kier alpha value is -3.20. The Morgan fingerprint density at radius 3 is 2.40 bits per heavy atom. The molecule has 2 aromatic rings. The van der Waals surface area contributed by atoms with Crippen LogP contribution in [0.5, 0.6) is 0 Å². The predicted octanol–water partition coefficient (Wildman–Crippen LogP) is 3.72. The van der Waals surface area contributed by atoms with E-state index in [0.29, 0.717) is 56.4 Å². The van der Waals surface area contributed by atoms with Crippen molar-refractivity contribution in [2.24, 2.45) is 5.92 Å². The second-order valence-corrected chi connectivity index (χ2v) is 10.1. The monoisotopic (exact) mass is 497 g/mol. The molecule has 0 bridgehead atoms. The number of rotatable bonds is 8. The molecule has 2 saturated heterocycles. The number of amides is 4. The van der Waals surface area contributed by atoms with Crippen LogP contribution in [0.4, 0.5) is 4.79 Å².